The maximum atomic E-state index is 13.8. The van der Waals surface area contributed by atoms with Gasteiger partial charge in [0.05, 0.1) is 96.2 Å². The van der Waals surface area contributed by atoms with Gasteiger partial charge in [-0.3, -0.25) is 0 Å². The normalized spacial score (nSPS) is 43.1. The summed E-state index contributed by atoms with van der Waals surface area (Å²) in [5, 5.41) is 274. The Morgan fingerprint density at radius 1 is 0.368 bits per heavy atom. The number of ether oxygens (including phenoxy) is 12. The first-order valence-electron chi connectivity index (χ1n) is 30.7. The van der Waals surface area contributed by atoms with Crippen LogP contribution in [0.4, 0.5) is 0 Å². The van der Waals surface area contributed by atoms with E-state index in [1.165, 1.54) is 7.05 Å². The second-order valence-corrected chi connectivity index (χ2v) is 25.0. The molecular formula is C53H98N4O38. The van der Waals surface area contributed by atoms with Crippen molar-refractivity contribution in [3.05, 3.63) is 4.91 Å². The number of hydrogen-bond donors (Lipinski definition) is 28. The largest absolute Gasteiger partial charge is 0.394 e. The number of nitrogens with zero attached hydrogens (tertiary/aromatic N) is 1. The maximum absolute atomic E-state index is 13.8. The summed E-state index contributed by atoms with van der Waals surface area (Å²) in [5.74, 6) is 0. The van der Waals surface area contributed by atoms with Gasteiger partial charge in [0.2, 0.25) is 0 Å². The molecule has 42 heteroatoms. The monoisotopic (exact) mass is 1400 g/mol. The van der Waals surface area contributed by atoms with E-state index in [4.69, 9.17) is 56.8 Å². The summed E-state index contributed by atoms with van der Waals surface area (Å²) in [4.78, 5) is 13.8. The fourth-order valence-corrected chi connectivity index (χ4v) is 12.1. The number of likely N-dealkylation sites (N-methyl/N-ethyl adjacent to an activating group) is 1. The fraction of sp³-hybridized carbons (Fsp3) is 1.00. The minimum absolute atomic E-state index is 0.427. The van der Waals surface area contributed by atoms with E-state index in [0.29, 0.717) is 0 Å². The van der Waals surface area contributed by atoms with Gasteiger partial charge >= 0.3 is 0 Å². The van der Waals surface area contributed by atoms with Crippen LogP contribution in [0.2, 0.25) is 0 Å². The van der Waals surface area contributed by atoms with Gasteiger partial charge in [-0.05, 0) is 32.7 Å². The van der Waals surface area contributed by atoms with Crippen LogP contribution in [0.1, 0.15) is 32.1 Å². The van der Waals surface area contributed by atoms with Crippen molar-refractivity contribution in [1.82, 2.24) is 16.3 Å². The summed E-state index contributed by atoms with van der Waals surface area (Å²) >= 11 is 0. The van der Waals surface area contributed by atoms with Gasteiger partial charge in [-0.1, -0.05) is 5.18 Å². The van der Waals surface area contributed by atoms with E-state index in [1.807, 2.05) is 5.48 Å². The lowest BCUT2D eigenvalue weighted by molar-refractivity contribution is -0.333. The van der Waals surface area contributed by atoms with Crippen molar-refractivity contribution < 1.29 is 185 Å². The van der Waals surface area contributed by atoms with Gasteiger partial charge in [-0.2, -0.15) is 4.91 Å². The molecule has 0 aromatic carbocycles. The summed E-state index contributed by atoms with van der Waals surface area (Å²) in [5.41, 5.74) is -2.39. The number of hydrogen-bond acceptors (Lipinski definition) is 42. The molecule has 6 aliphatic rings. The number of nitrogens with one attached hydrogen (secondary N) is 3. The first-order valence-corrected chi connectivity index (χ1v) is 30.7. The van der Waals surface area contributed by atoms with Crippen molar-refractivity contribution in [2.45, 2.75) is 228 Å². The van der Waals surface area contributed by atoms with E-state index < -0.39 is 325 Å². The van der Waals surface area contributed by atoms with Gasteiger partial charge in [0.1, 0.15) is 140 Å². The lowest BCUT2D eigenvalue weighted by Gasteiger charge is -2.47. The molecule has 558 valence electrons. The highest BCUT2D eigenvalue weighted by Gasteiger charge is 2.55. The summed E-state index contributed by atoms with van der Waals surface area (Å²) < 4.78 is 70.0. The van der Waals surface area contributed by atoms with Crippen LogP contribution in [0.5, 0.6) is 0 Å². The van der Waals surface area contributed by atoms with Gasteiger partial charge in [0.25, 0.3) is 0 Å². The van der Waals surface area contributed by atoms with E-state index in [9.17, 15) is 133 Å². The molecule has 6 fully saturated rings. The molecule has 6 rings (SSSR count). The summed E-state index contributed by atoms with van der Waals surface area (Å²) in [7, 11) is 1.37. The lowest BCUT2D eigenvalue weighted by atomic mass is 9.75. The molecule has 0 spiro atoms. The van der Waals surface area contributed by atoms with Crippen LogP contribution in [-0.4, -0.2) is 416 Å². The Kier molecular flexibility index (Phi) is 32.1. The van der Waals surface area contributed by atoms with Crippen molar-refractivity contribution in [1.29, 1.82) is 0 Å². The molecule has 0 aromatic heterocycles. The average molecular weight is 1400 g/mol. The first kappa shape index (κ1) is 82.0. The highest BCUT2D eigenvalue weighted by Crippen LogP contribution is 2.40. The van der Waals surface area contributed by atoms with Gasteiger partial charge in [0, 0.05) is 25.0 Å². The molecule has 28 N–H and O–H groups in total. The molecule has 0 bridgehead atoms. The van der Waals surface area contributed by atoms with E-state index >= 15 is 0 Å². The Morgan fingerprint density at radius 2 is 0.611 bits per heavy atom. The van der Waals surface area contributed by atoms with Gasteiger partial charge in [-0.15, -0.1) is 0 Å². The zero-order chi connectivity index (χ0) is 70.4. The zero-order valence-corrected chi connectivity index (χ0v) is 51.6. The van der Waals surface area contributed by atoms with E-state index in [0.717, 1.165) is 0 Å². The molecule has 0 aliphatic carbocycles. The standard InChI is InChI=1S/C53H98N4O38/c1-54-13-53(57-83,4-2-28(55-81)51(14-84-45-21(65)6-20(64)22(7-58)90-45,15-85-46-40(76)35(71)30(66)23(8-59)91-46)16-86-47-41(77)36(72)31(67)24(9-60)92-47)5-3-29(56-82)52(17-87-48-42(78)37(73)32(68)25(10-61)93-48,18-88-49-43(79)38(74)33(69)26(11-62)94-49)19-89-50-44(80)39(75)34(70)27(12-63)95-50/h20-50,54-56,58-82H,2-19H2,1H3. The van der Waals surface area contributed by atoms with Crippen molar-refractivity contribution in [2.24, 2.45) is 16.0 Å². The third-order valence-corrected chi connectivity index (χ3v) is 18.5. The Bertz CT molecular complexity index is 2080. The van der Waals surface area contributed by atoms with Crippen molar-refractivity contribution in [2.75, 3.05) is 92.9 Å². The van der Waals surface area contributed by atoms with Crippen LogP contribution in [0.3, 0.4) is 0 Å². The first-order chi connectivity index (χ1) is 45.1. The third kappa shape index (κ3) is 19.2. The minimum atomic E-state index is -2.28. The second kappa shape index (κ2) is 37.3. The topological polar surface area (TPSA) is 682 Å². The minimum Gasteiger partial charge on any atom is -0.394 e. The van der Waals surface area contributed by atoms with Crippen molar-refractivity contribution in [3.8, 4) is 0 Å². The molecule has 6 saturated heterocycles. The highest BCUT2D eigenvalue weighted by atomic mass is 16.7. The molecule has 0 saturated carbocycles. The summed E-state index contributed by atoms with van der Waals surface area (Å²) in [6, 6.07) is -3.45. The maximum Gasteiger partial charge on any atom is 0.186 e. The van der Waals surface area contributed by atoms with Gasteiger partial charge < -0.3 is 190 Å². The number of aliphatic hydroxyl groups excluding tert-OH is 23. The molecule has 0 aromatic rings. The number of aliphatic hydroxyl groups is 23. The van der Waals surface area contributed by atoms with Crippen LogP contribution in [-0.2, 0) is 56.8 Å². The Hall–Kier alpha value is -2.00. The summed E-state index contributed by atoms with van der Waals surface area (Å²) in [6.45, 7) is -11.9. The molecule has 6 aliphatic heterocycles. The van der Waals surface area contributed by atoms with Crippen molar-refractivity contribution in [3.63, 3.8) is 0 Å². The molecule has 6 heterocycles. The van der Waals surface area contributed by atoms with Crippen LogP contribution in [0.15, 0.2) is 5.18 Å². The molecule has 95 heavy (non-hydrogen) atoms. The SMILES string of the molecule is CNCC(CCC(NO)C(COC1OC(CO)C(O)CC1O)(COC1OC(CO)C(O)C(O)C1O)COC1OC(CO)C(O)C(O)C1O)(CCC(NO)C(COC1OC(CO)C(O)C(O)C1O)(COC1OC(CO)C(O)C(O)C1O)COC1OC(CO)C(O)C(O)C1O)N=O. The predicted molar refractivity (Wildman–Crippen MR) is 300 cm³/mol. The van der Waals surface area contributed by atoms with Crippen molar-refractivity contribution >= 4 is 0 Å². The summed E-state index contributed by atoms with van der Waals surface area (Å²) in [6.07, 6.45) is -57.4. The third-order valence-electron chi connectivity index (χ3n) is 18.5. The molecule has 32 atom stereocenters. The Morgan fingerprint density at radius 3 is 0.832 bits per heavy atom. The van der Waals surface area contributed by atoms with Crippen LogP contribution in [0, 0.1) is 15.7 Å². The number of hydroxylamine groups is 2. The van der Waals surface area contributed by atoms with Crippen LogP contribution in [0.25, 0.3) is 0 Å². The second-order valence-electron chi connectivity index (χ2n) is 25.0. The number of rotatable bonds is 37. The predicted octanol–water partition coefficient (Wildman–Crippen LogP) is -15.1. The quantitative estimate of drug-likeness (QED) is 0.0203. The van der Waals surface area contributed by atoms with Crippen LogP contribution < -0.4 is 16.3 Å². The van der Waals surface area contributed by atoms with Gasteiger partial charge in [0.15, 0.2) is 37.7 Å². The number of nitroso groups, excluding NO2 is 1. The van der Waals surface area contributed by atoms with Gasteiger partial charge in [-0.25, -0.2) is 11.0 Å². The zero-order valence-electron chi connectivity index (χ0n) is 51.6. The van der Waals surface area contributed by atoms with E-state index in [2.05, 4.69) is 16.0 Å². The van der Waals surface area contributed by atoms with E-state index in [1.54, 1.807) is 0 Å². The lowest BCUT2D eigenvalue weighted by Crippen LogP contribution is -2.63. The fourth-order valence-electron chi connectivity index (χ4n) is 12.1. The molecule has 42 nitrogen and oxygen atoms in total. The molecule has 0 radical (unpaired) electrons. The molecule has 32 unspecified atom stereocenters. The molecule has 0 amide bonds. The Balaban J connectivity index is 1.43. The van der Waals surface area contributed by atoms with E-state index in [-0.39, 0.29) is 0 Å². The van der Waals surface area contributed by atoms with Crippen LogP contribution >= 0.6 is 0 Å². The average Bonchev–Trinajstić information content (AvgIpc) is 0.795. The highest BCUT2D eigenvalue weighted by molar-refractivity contribution is 5.02. The molecular weight excluding hydrogens is 1300 g/mol. The Labute approximate surface area is 541 Å². The smallest absolute Gasteiger partial charge is 0.186 e.